The fraction of sp³-hybridized carbons (Fsp3) is 1.00. The molecule has 0 saturated carbocycles. The van der Waals surface area contributed by atoms with E-state index in [1.54, 1.807) is 0 Å². The van der Waals surface area contributed by atoms with Gasteiger partial charge in [0.25, 0.3) is 5.66 Å². The highest BCUT2D eigenvalue weighted by Gasteiger charge is 2.62. The van der Waals surface area contributed by atoms with Gasteiger partial charge in [0, 0.05) is 6.42 Å². The first kappa shape index (κ1) is 9.48. The SMILES string of the molecule is CCCCCC1(C(F)(F)F)N=N1. The molecule has 0 atom stereocenters. The van der Waals surface area contributed by atoms with E-state index in [0.717, 1.165) is 12.8 Å². The van der Waals surface area contributed by atoms with Gasteiger partial charge >= 0.3 is 6.18 Å². The average molecular weight is 180 g/mol. The molecule has 0 amide bonds. The van der Waals surface area contributed by atoms with Gasteiger partial charge in [-0.05, 0) is 6.42 Å². The Morgan fingerprint density at radius 3 is 2.08 bits per heavy atom. The maximum absolute atomic E-state index is 12.1. The molecule has 2 nitrogen and oxygen atoms in total. The Hall–Kier alpha value is -0.610. The van der Waals surface area contributed by atoms with Crippen LogP contribution in [0.2, 0.25) is 0 Å². The van der Waals surface area contributed by atoms with Crippen LogP contribution < -0.4 is 0 Å². The number of nitrogens with zero attached hydrogens (tertiary/aromatic N) is 2. The highest BCUT2D eigenvalue weighted by atomic mass is 19.4. The Morgan fingerprint density at radius 2 is 1.75 bits per heavy atom. The van der Waals surface area contributed by atoms with Crippen LogP contribution >= 0.6 is 0 Å². The molecular formula is C7H11F3N2. The fourth-order valence-corrected chi connectivity index (χ4v) is 1.04. The van der Waals surface area contributed by atoms with Gasteiger partial charge in [-0.3, -0.25) is 0 Å². The number of hydrogen-bond acceptors (Lipinski definition) is 2. The van der Waals surface area contributed by atoms with Crippen LogP contribution in [0.4, 0.5) is 13.2 Å². The molecule has 0 unspecified atom stereocenters. The summed E-state index contributed by atoms with van der Waals surface area (Å²) < 4.78 is 36.4. The van der Waals surface area contributed by atoms with Gasteiger partial charge in [-0.25, -0.2) is 0 Å². The zero-order valence-corrected chi connectivity index (χ0v) is 6.86. The molecule has 12 heavy (non-hydrogen) atoms. The van der Waals surface area contributed by atoms with Crippen molar-refractivity contribution in [3.63, 3.8) is 0 Å². The van der Waals surface area contributed by atoms with E-state index in [4.69, 9.17) is 0 Å². The summed E-state index contributed by atoms with van der Waals surface area (Å²) in [5.41, 5.74) is -2.01. The van der Waals surface area contributed by atoms with Crippen molar-refractivity contribution in [3.05, 3.63) is 0 Å². The van der Waals surface area contributed by atoms with Gasteiger partial charge in [0.15, 0.2) is 0 Å². The summed E-state index contributed by atoms with van der Waals surface area (Å²) in [5, 5.41) is 6.15. The average Bonchev–Trinajstić information content (AvgIpc) is 2.67. The van der Waals surface area contributed by atoms with E-state index < -0.39 is 11.8 Å². The molecule has 5 heteroatoms. The molecule has 0 aromatic rings. The molecule has 70 valence electrons. The lowest BCUT2D eigenvalue weighted by Crippen LogP contribution is -2.32. The Bertz CT molecular complexity index is 180. The monoisotopic (exact) mass is 180 g/mol. The molecule has 0 radical (unpaired) electrons. The van der Waals surface area contributed by atoms with Crippen molar-refractivity contribution in [2.45, 2.75) is 44.4 Å². The van der Waals surface area contributed by atoms with Crippen LogP contribution in [-0.2, 0) is 0 Å². The first-order chi connectivity index (χ1) is 5.52. The van der Waals surface area contributed by atoms with E-state index in [2.05, 4.69) is 10.2 Å². The second-order valence-electron chi connectivity index (χ2n) is 2.97. The molecule has 0 aliphatic carbocycles. The lowest BCUT2D eigenvalue weighted by atomic mass is 10.1. The van der Waals surface area contributed by atoms with E-state index in [9.17, 15) is 13.2 Å². The van der Waals surface area contributed by atoms with Crippen molar-refractivity contribution in [2.24, 2.45) is 10.2 Å². The van der Waals surface area contributed by atoms with Crippen molar-refractivity contribution in [2.75, 3.05) is 0 Å². The molecule has 0 saturated heterocycles. The van der Waals surface area contributed by atoms with Crippen molar-refractivity contribution >= 4 is 0 Å². The maximum atomic E-state index is 12.1. The first-order valence-corrected chi connectivity index (χ1v) is 4.02. The Kier molecular flexibility index (Phi) is 2.39. The van der Waals surface area contributed by atoms with Crippen LogP contribution in [0.1, 0.15) is 32.6 Å². The molecule has 0 N–H and O–H groups in total. The standard InChI is InChI=1S/C7H11F3N2/c1-2-3-4-5-6(11-12-6)7(8,9)10/h2-5H2,1H3. The molecule has 1 aliphatic rings. The molecule has 0 fully saturated rings. The Labute approximate surface area is 68.9 Å². The fourth-order valence-electron chi connectivity index (χ4n) is 1.04. The zero-order valence-electron chi connectivity index (χ0n) is 6.86. The lowest BCUT2D eigenvalue weighted by Gasteiger charge is -2.13. The topological polar surface area (TPSA) is 24.7 Å². The predicted octanol–water partition coefficient (Wildman–Crippen LogP) is 3.29. The van der Waals surface area contributed by atoms with E-state index >= 15 is 0 Å². The molecule has 1 heterocycles. The second-order valence-corrected chi connectivity index (χ2v) is 2.97. The van der Waals surface area contributed by atoms with Gasteiger partial charge in [-0.15, -0.1) is 10.2 Å². The van der Waals surface area contributed by atoms with Crippen molar-refractivity contribution in [1.82, 2.24) is 0 Å². The van der Waals surface area contributed by atoms with E-state index in [1.165, 1.54) is 0 Å². The van der Waals surface area contributed by atoms with Gasteiger partial charge in [-0.2, -0.15) is 13.2 Å². The minimum atomic E-state index is -4.28. The van der Waals surface area contributed by atoms with E-state index in [-0.39, 0.29) is 6.42 Å². The van der Waals surface area contributed by atoms with Crippen LogP contribution in [0.3, 0.4) is 0 Å². The smallest absolute Gasteiger partial charge is 0.166 e. The van der Waals surface area contributed by atoms with Gasteiger partial charge in [0.05, 0.1) is 0 Å². The van der Waals surface area contributed by atoms with Gasteiger partial charge in [0.1, 0.15) is 0 Å². The summed E-state index contributed by atoms with van der Waals surface area (Å²) >= 11 is 0. The minimum Gasteiger partial charge on any atom is -0.166 e. The number of halogens is 3. The molecule has 0 aromatic carbocycles. The third-order valence-electron chi connectivity index (χ3n) is 1.92. The van der Waals surface area contributed by atoms with Crippen molar-refractivity contribution in [1.29, 1.82) is 0 Å². The molecule has 1 aliphatic heterocycles. The number of hydrogen-bond donors (Lipinski definition) is 0. The molecule has 1 rings (SSSR count). The predicted molar refractivity (Wildman–Crippen MR) is 37.8 cm³/mol. The maximum Gasteiger partial charge on any atom is 0.437 e. The summed E-state index contributed by atoms with van der Waals surface area (Å²) in [6.07, 6.45) is -2.00. The second kappa shape index (κ2) is 3.03. The van der Waals surface area contributed by atoms with Crippen LogP contribution in [0.15, 0.2) is 10.2 Å². The molecule has 0 spiro atoms. The van der Waals surface area contributed by atoms with Crippen LogP contribution in [0.5, 0.6) is 0 Å². The van der Waals surface area contributed by atoms with Crippen LogP contribution in [-0.4, -0.2) is 11.8 Å². The van der Waals surface area contributed by atoms with Gasteiger partial charge in [0.2, 0.25) is 0 Å². The summed E-state index contributed by atoms with van der Waals surface area (Å²) in [5.74, 6) is 0. The summed E-state index contributed by atoms with van der Waals surface area (Å²) in [6.45, 7) is 1.95. The normalized spacial score (nSPS) is 19.7. The van der Waals surface area contributed by atoms with E-state index in [0.29, 0.717) is 6.42 Å². The highest BCUT2D eigenvalue weighted by molar-refractivity contribution is 4.99. The van der Waals surface area contributed by atoms with Crippen LogP contribution in [0, 0.1) is 0 Å². The summed E-state index contributed by atoms with van der Waals surface area (Å²) in [6, 6.07) is 0. The number of unbranched alkanes of at least 4 members (excludes halogenated alkanes) is 2. The molecular weight excluding hydrogens is 169 g/mol. The Balaban J connectivity index is 2.31. The van der Waals surface area contributed by atoms with Crippen molar-refractivity contribution < 1.29 is 13.2 Å². The Morgan fingerprint density at radius 1 is 1.17 bits per heavy atom. The van der Waals surface area contributed by atoms with Crippen LogP contribution in [0.25, 0.3) is 0 Å². The third-order valence-corrected chi connectivity index (χ3v) is 1.92. The molecule has 0 aromatic heterocycles. The zero-order chi connectivity index (χ0) is 9.24. The summed E-state index contributed by atoms with van der Waals surface area (Å²) in [7, 11) is 0. The number of alkyl halides is 3. The lowest BCUT2D eigenvalue weighted by molar-refractivity contribution is -0.165. The van der Waals surface area contributed by atoms with Gasteiger partial charge < -0.3 is 0 Å². The first-order valence-electron chi connectivity index (χ1n) is 4.02. The third kappa shape index (κ3) is 1.76. The summed E-state index contributed by atoms with van der Waals surface area (Å²) in [4.78, 5) is 0. The van der Waals surface area contributed by atoms with Gasteiger partial charge in [-0.1, -0.05) is 19.8 Å². The van der Waals surface area contributed by atoms with E-state index in [1.807, 2.05) is 6.92 Å². The highest BCUT2D eigenvalue weighted by Crippen LogP contribution is 2.47. The van der Waals surface area contributed by atoms with Crippen molar-refractivity contribution in [3.8, 4) is 0 Å². The molecule has 0 bridgehead atoms. The quantitative estimate of drug-likeness (QED) is 0.593. The number of rotatable bonds is 4. The minimum absolute atomic E-state index is 0.0182. The largest absolute Gasteiger partial charge is 0.437 e.